The number of carbonyl (C=O) groups is 1. The monoisotopic (exact) mass is 457 g/mol. The van der Waals surface area contributed by atoms with E-state index < -0.39 is 46.7 Å². The molecule has 0 unspecified atom stereocenters. The highest BCUT2D eigenvalue weighted by Crippen LogP contribution is 2.41. The Hall–Kier alpha value is -3.95. The molecule has 0 aliphatic carbocycles. The zero-order valence-electron chi connectivity index (χ0n) is 17.3. The summed E-state index contributed by atoms with van der Waals surface area (Å²) in [5.41, 5.74) is -0.272. The standard InChI is InChI=1S/C23H18F3N3O4/c1-27-19-7-9-33-18-11-16(26)15(25)10-14(18)20(12-2-4-13(24)5-3-12)29(19)28-8-6-17(30)22(31)21(28)23(27)32/h2-6,8,10-11,19-20,31H,7,9H2,1H3/t19-,20+/m0/s1. The summed E-state index contributed by atoms with van der Waals surface area (Å²) >= 11 is 0. The molecule has 3 aromatic rings. The molecular weight excluding hydrogens is 439 g/mol. The SMILES string of the molecule is CN1C(=O)c2c(O)c(=O)ccn2N2[C@H](c3ccc(F)cc3)c3cc(F)c(F)cc3OCC[C@@H]12. The summed E-state index contributed by atoms with van der Waals surface area (Å²) < 4.78 is 49.3. The Labute approximate surface area is 185 Å². The number of amides is 1. The molecular formula is C23H18F3N3O4. The Morgan fingerprint density at radius 1 is 1.03 bits per heavy atom. The highest BCUT2D eigenvalue weighted by atomic mass is 19.2. The van der Waals surface area contributed by atoms with Gasteiger partial charge in [-0.3, -0.25) is 19.3 Å². The first-order valence-corrected chi connectivity index (χ1v) is 10.2. The fourth-order valence-corrected chi connectivity index (χ4v) is 4.43. The van der Waals surface area contributed by atoms with Crippen molar-refractivity contribution in [2.75, 3.05) is 18.7 Å². The summed E-state index contributed by atoms with van der Waals surface area (Å²) in [7, 11) is 1.51. The molecule has 2 aliphatic heterocycles. The number of benzene rings is 2. The van der Waals surface area contributed by atoms with Gasteiger partial charge in [0.1, 0.15) is 23.8 Å². The summed E-state index contributed by atoms with van der Waals surface area (Å²) in [6, 6.07) is 7.60. The van der Waals surface area contributed by atoms with Crippen LogP contribution in [0.4, 0.5) is 13.2 Å². The number of pyridine rings is 1. The molecule has 170 valence electrons. The van der Waals surface area contributed by atoms with Crippen LogP contribution in [0.1, 0.15) is 34.1 Å². The summed E-state index contributed by atoms with van der Waals surface area (Å²) in [5.74, 6) is -3.91. The van der Waals surface area contributed by atoms with E-state index in [9.17, 15) is 27.9 Å². The van der Waals surface area contributed by atoms with Gasteiger partial charge in [0.2, 0.25) is 5.43 Å². The predicted octanol–water partition coefficient (Wildman–Crippen LogP) is 2.89. The van der Waals surface area contributed by atoms with E-state index in [1.165, 1.54) is 47.1 Å². The molecule has 2 aliphatic rings. The van der Waals surface area contributed by atoms with E-state index in [-0.39, 0.29) is 30.0 Å². The van der Waals surface area contributed by atoms with Gasteiger partial charge in [-0.1, -0.05) is 12.1 Å². The summed E-state index contributed by atoms with van der Waals surface area (Å²) in [4.78, 5) is 26.5. The lowest BCUT2D eigenvalue weighted by Gasteiger charge is -2.49. The van der Waals surface area contributed by atoms with Crippen LogP contribution in [-0.2, 0) is 0 Å². The molecule has 1 amide bonds. The Morgan fingerprint density at radius 2 is 1.73 bits per heavy atom. The second-order valence-corrected chi connectivity index (χ2v) is 7.89. The first-order chi connectivity index (χ1) is 15.8. The molecule has 7 nitrogen and oxygen atoms in total. The van der Waals surface area contributed by atoms with E-state index in [0.717, 1.165) is 18.2 Å². The van der Waals surface area contributed by atoms with Gasteiger partial charge in [-0.2, -0.15) is 0 Å². The van der Waals surface area contributed by atoms with E-state index in [4.69, 9.17) is 4.74 Å². The van der Waals surface area contributed by atoms with E-state index in [0.29, 0.717) is 5.56 Å². The smallest absolute Gasteiger partial charge is 0.277 e. The number of aromatic nitrogens is 1. The number of aromatic hydroxyl groups is 1. The molecule has 0 spiro atoms. The van der Waals surface area contributed by atoms with Crippen LogP contribution in [0, 0.1) is 17.5 Å². The van der Waals surface area contributed by atoms with E-state index in [1.54, 1.807) is 5.01 Å². The quantitative estimate of drug-likeness (QED) is 0.609. The molecule has 33 heavy (non-hydrogen) atoms. The van der Waals surface area contributed by atoms with Gasteiger partial charge in [-0.15, -0.1) is 0 Å². The molecule has 1 aromatic heterocycles. The van der Waals surface area contributed by atoms with Crippen LogP contribution < -0.4 is 15.2 Å². The Bertz CT molecular complexity index is 1330. The van der Waals surface area contributed by atoms with Gasteiger partial charge in [0.05, 0.1) is 6.61 Å². The largest absolute Gasteiger partial charge is 0.502 e. The third-order valence-corrected chi connectivity index (χ3v) is 6.01. The fourth-order valence-electron chi connectivity index (χ4n) is 4.43. The topological polar surface area (TPSA) is 75.0 Å². The molecule has 5 rings (SSSR count). The average molecular weight is 457 g/mol. The minimum atomic E-state index is -1.11. The average Bonchev–Trinajstić information content (AvgIpc) is 2.78. The van der Waals surface area contributed by atoms with Crippen molar-refractivity contribution in [2.45, 2.75) is 18.6 Å². The number of halogens is 3. The van der Waals surface area contributed by atoms with Gasteiger partial charge in [0.25, 0.3) is 5.91 Å². The van der Waals surface area contributed by atoms with E-state index in [1.807, 2.05) is 0 Å². The number of hydrogen-bond acceptors (Lipinski definition) is 5. The fraction of sp³-hybridized carbons (Fsp3) is 0.217. The van der Waals surface area contributed by atoms with Crippen LogP contribution in [0.5, 0.6) is 11.5 Å². The molecule has 2 aromatic carbocycles. The number of rotatable bonds is 1. The minimum absolute atomic E-state index is 0.0779. The van der Waals surface area contributed by atoms with E-state index in [2.05, 4.69) is 0 Å². The Kier molecular flexibility index (Phi) is 4.80. The lowest BCUT2D eigenvalue weighted by atomic mass is 9.94. The number of carbonyl (C=O) groups excluding carboxylic acids is 1. The Morgan fingerprint density at radius 3 is 2.45 bits per heavy atom. The lowest BCUT2D eigenvalue weighted by molar-refractivity contribution is 0.0573. The van der Waals surface area contributed by atoms with Crippen molar-refractivity contribution >= 4 is 5.91 Å². The van der Waals surface area contributed by atoms with Gasteiger partial charge in [0.15, 0.2) is 23.1 Å². The molecule has 2 atom stereocenters. The maximum absolute atomic E-state index is 14.4. The molecule has 10 heteroatoms. The first-order valence-electron chi connectivity index (χ1n) is 10.2. The molecule has 0 bridgehead atoms. The predicted molar refractivity (Wildman–Crippen MR) is 111 cm³/mol. The summed E-state index contributed by atoms with van der Waals surface area (Å²) in [5, 5.41) is 12.1. The van der Waals surface area contributed by atoms with Crippen molar-refractivity contribution < 1.29 is 27.8 Å². The van der Waals surface area contributed by atoms with Gasteiger partial charge in [-0.05, 0) is 23.8 Å². The third kappa shape index (κ3) is 3.21. The van der Waals surface area contributed by atoms with Gasteiger partial charge in [-0.25, -0.2) is 13.2 Å². The second-order valence-electron chi connectivity index (χ2n) is 7.89. The number of nitrogens with zero attached hydrogens (tertiary/aromatic N) is 3. The van der Waals surface area contributed by atoms with Crippen molar-refractivity contribution in [1.29, 1.82) is 0 Å². The maximum Gasteiger partial charge on any atom is 0.277 e. The normalized spacial score (nSPS) is 19.7. The van der Waals surface area contributed by atoms with Gasteiger partial charge < -0.3 is 14.7 Å². The lowest BCUT2D eigenvalue weighted by Crippen LogP contribution is -2.62. The third-order valence-electron chi connectivity index (χ3n) is 6.01. The first kappa shape index (κ1) is 20.9. The summed E-state index contributed by atoms with van der Waals surface area (Å²) in [6.07, 6.45) is 0.960. The molecule has 1 N–H and O–H groups in total. The van der Waals surface area contributed by atoms with Crippen LogP contribution in [0.3, 0.4) is 0 Å². The second kappa shape index (κ2) is 7.58. The molecule has 0 saturated heterocycles. The van der Waals surface area contributed by atoms with Crippen LogP contribution in [0.15, 0.2) is 53.5 Å². The number of hydrogen-bond donors (Lipinski definition) is 1. The van der Waals surface area contributed by atoms with Crippen molar-refractivity contribution in [3.05, 3.63) is 93.2 Å². The molecule has 3 heterocycles. The highest BCUT2D eigenvalue weighted by Gasteiger charge is 2.43. The van der Waals surface area contributed by atoms with Crippen LogP contribution >= 0.6 is 0 Å². The maximum atomic E-state index is 14.4. The Balaban J connectivity index is 1.84. The van der Waals surface area contributed by atoms with Crippen LogP contribution in [-0.4, -0.2) is 40.4 Å². The molecule has 0 fully saturated rings. The van der Waals surface area contributed by atoms with Gasteiger partial charge in [0, 0.05) is 37.4 Å². The van der Waals surface area contributed by atoms with Crippen molar-refractivity contribution in [2.24, 2.45) is 0 Å². The number of ether oxygens (including phenoxy) is 1. The summed E-state index contributed by atoms with van der Waals surface area (Å²) in [6.45, 7) is 0.0779. The van der Waals surface area contributed by atoms with E-state index >= 15 is 0 Å². The molecule has 0 radical (unpaired) electrons. The van der Waals surface area contributed by atoms with Gasteiger partial charge >= 0.3 is 0 Å². The van der Waals surface area contributed by atoms with Crippen LogP contribution in [0.2, 0.25) is 0 Å². The van der Waals surface area contributed by atoms with Crippen LogP contribution in [0.25, 0.3) is 0 Å². The van der Waals surface area contributed by atoms with Crippen molar-refractivity contribution in [3.8, 4) is 11.5 Å². The van der Waals surface area contributed by atoms with Crippen molar-refractivity contribution in [3.63, 3.8) is 0 Å². The van der Waals surface area contributed by atoms with Crippen molar-refractivity contribution in [1.82, 2.24) is 9.58 Å². The molecule has 0 saturated carbocycles. The zero-order valence-corrected chi connectivity index (χ0v) is 17.3. The zero-order chi connectivity index (χ0) is 23.4. The minimum Gasteiger partial charge on any atom is -0.502 e. The number of fused-ring (bicyclic) bond motifs is 4. The highest BCUT2D eigenvalue weighted by molar-refractivity contribution is 5.96.